The number of hydrogen-bond donors (Lipinski definition) is 1. The number of hydrogen-bond acceptors (Lipinski definition) is 3. The highest BCUT2D eigenvalue weighted by Crippen LogP contribution is 2.20. The summed E-state index contributed by atoms with van der Waals surface area (Å²) in [5.41, 5.74) is 5.85. The highest BCUT2D eigenvalue weighted by molar-refractivity contribution is 6.02. The van der Waals surface area contributed by atoms with E-state index >= 15 is 0 Å². The smallest absolute Gasteiger partial charge is 0.182 e. The molecule has 1 aromatic heterocycles. The van der Waals surface area contributed by atoms with Crippen LogP contribution in [-0.4, -0.2) is 11.8 Å². The standard InChI is InChI=1S/C11H10FNO2/c1-6(13)11(14)8-4-7-2-3-15-10(7)5-9(8)12/h2-6H,13H2,1H3. The molecule has 0 amide bonds. The van der Waals surface area contributed by atoms with Crippen LogP contribution in [0, 0.1) is 5.82 Å². The molecule has 1 heterocycles. The highest BCUT2D eigenvalue weighted by Gasteiger charge is 2.17. The molecule has 2 aromatic rings. The average molecular weight is 207 g/mol. The van der Waals surface area contributed by atoms with Gasteiger partial charge in [0.15, 0.2) is 5.78 Å². The third-order valence-corrected chi connectivity index (χ3v) is 2.22. The first-order valence-corrected chi connectivity index (χ1v) is 4.56. The Morgan fingerprint density at radius 2 is 2.27 bits per heavy atom. The quantitative estimate of drug-likeness (QED) is 0.767. The summed E-state index contributed by atoms with van der Waals surface area (Å²) < 4.78 is 18.5. The van der Waals surface area contributed by atoms with E-state index in [1.165, 1.54) is 25.3 Å². The van der Waals surface area contributed by atoms with Crippen molar-refractivity contribution >= 4 is 16.8 Å². The van der Waals surface area contributed by atoms with Gasteiger partial charge in [-0.1, -0.05) is 0 Å². The van der Waals surface area contributed by atoms with Crippen LogP contribution in [0.15, 0.2) is 28.9 Å². The number of furan rings is 1. The topological polar surface area (TPSA) is 56.2 Å². The van der Waals surface area contributed by atoms with Gasteiger partial charge in [-0.15, -0.1) is 0 Å². The van der Waals surface area contributed by atoms with Crippen molar-refractivity contribution in [3.05, 3.63) is 35.8 Å². The van der Waals surface area contributed by atoms with Gasteiger partial charge in [-0.2, -0.15) is 0 Å². The predicted octanol–water partition coefficient (Wildman–Crippen LogP) is 2.10. The number of fused-ring (bicyclic) bond motifs is 1. The number of rotatable bonds is 2. The Morgan fingerprint density at radius 1 is 1.53 bits per heavy atom. The molecule has 0 aliphatic rings. The molecule has 3 nitrogen and oxygen atoms in total. The molecule has 4 heteroatoms. The fraction of sp³-hybridized carbons (Fsp3) is 0.182. The van der Waals surface area contributed by atoms with Gasteiger partial charge in [-0.3, -0.25) is 4.79 Å². The number of Topliss-reactive ketones (excluding diaryl/α,β-unsaturated/α-hetero) is 1. The lowest BCUT2D eigenvalue weighted by Crippen LogP contribution is -2.27. The Kier molecular flexibility index (Phi) is 2.28. The molecule has 0 spiro atoms. The molecule has 1 aromatic carbocycles. The van der Waals surface area contributed by atoms with E-state index in [1.54, 1.807) is 6.07 Å². The molecule has 0 saturated heterocycles. The Bertz CT molecular complexity index is 516. The summed E-state index contributed by atoms with van der Waals surface area (Å²) in [6.45, 7) is 1.53. The van der Waals surface area contributed by atoms with E-state index in [1.807, 2.05) is 0 Å². The second kappa shape index (κ2) is 3.47. The molecular formula is C11H10FNO2. The summed E-state index contributed by atoms with van der Waals surface area (Å²) in [6, 6.07) is 3.63. The van der Waals surface area contributed by atoms with Gasteiger partial charge in [0.05, 0.1) is 17.9 Å². The first kappa shape index (κ1) is 9.86. The molecular weight excluding hydrogens is 197 g/mol. The molecule has 78 valence electrons. The van der Waals surface area contributed by atoms with Crippen molar-refractivity contribution in [2.75, 3.05) is 0 Å². The summed E-state index contributed by atoms with van der Waals surface area (Å²) in [5.74, 6) is -1.00. The maximum absolute atomic E-state index is 13.5. The number of benzene rings is 1. The van der Waals surface area contributed by atoms with Crippen molar-refractivity contribution in [3.63, 3.8) is 0 Å². The van der Waals surface area contributed by atoms with Crippen molar-refractivity contribution in [3.8, 4) is 0 Å². The van der Waals surface area contributed by atoms with Gasteiger partial charge >= 0.3 is 0 Å². The number of carbonyl (C=O) groups is 1. The Hall–Kier alpha value is -1.68. The second-order valence-corrected chi connectivity index (χ2v) is 3.44. The fourth-order valence-electron chi connectivity index (χ4n) is 1.42. The van der Waals surface area contributed by atoms with Crippen LogP contribution in [-0.2, 0) is 0 Å². The van der Waals surface area contributed by atoms with Gasteiger partial charge in [-0.05, 0) is 19.1 Å². The van der Waals surface area contributed by atoms with E-state index in [0.29, 0.717) is 11.0 Å². The lowest BCUT2D eigenvalue weighted by Gasteiger charge is -2.05. The zero-order valence-corrected chi connectivity index (χ0v) is 8.16. The van der Waals surface area contributed by atoms with E-state index in [9.17, 15) is 9.18 Å². The Morgan fingerprint density at radius 3 is 2.93 bits per heavy atom. The zero-order chi connectivity index (χ0) is 11.0. The van der Waals surface area contributed by atoms with Crippen LogP contribution in [0.5, 0.6) is 0 Å². The first-order valence-electron chi connectivity index (χ1n) is 4.56. The molecule has 2 N–H and O–H groups in total. The minimum absolute atomic E-state index is 0.0129. The number of halogens is 1. The summed E-state index contributed by atoms with van der Waals surface area (Å²) in [7, 11) is 0. The van der Waals surface area contributed by atoms with E-state index < -0.39 is 17.6 Å². The van der Waals surface area contributed by atoms with E-state index in [4.69, 9.17) is 10.2 Å². The summed E-state index contributed by atoms with van der Waals surface area (Å²) in [5, 5.41) is 0.695. The maximum atomic E-state index is 13.5. The van der Waals surface area contributed by atoms with Gasteiger partial charge in [0.1, 0.15) is 11.4 Å². The Labute approximate surface area is 85.7 Å². The van der Waals surface area contributed by atoms with Gasteiger partial charge in [-0.25, -0.2) is 4.39 Å². The predicted molar refractivity (Wildman–Crippen MR) is 54.2 cm³/mol. The zero-order valence-electron chi connectivity index (χ0n) is 8.16. The van der Waals surface area contributed by atoms with E-state index in [0.717, 1.165) is 0 Å². The molecule has 0 saturated carbocycles. The van der Waals surface area contributed by atoms with Gasteiger partial charge in [0.2, 0.25) is 0 Å². The molecule has 0 radical (unpaired) electrons. The van der Waals surface area contributed by atoms with Crippen LogP contribution in [0.3, 0.4) is 0 Å². The van der Waals surface area contributed by atoms with Crippen LogP contribution in [0.25, 0.3) is 11.0 Å². The highest BCUT2D eigenvalue weighted by atomic mass is 19.1. The third kappa shape index (κ3) is 1.64. The third-order valence-electron chi connectivity index (χ3n) is 2.22. The molecule has 1 unspecified atom stereocenters. The Balaban J connectivity index is 2.60. The van der Waals surface area contributed by atoms with Gasteiger partial charge < -0.3 is 10.2 Å². The van der Waals surface area contributed by atoms with Gasteiger partial charge in [0, 0.05) is 11.5 Å². The SMILES string of the molecule is CC(N)C(=O)c1cc2ccoc2cc1F. The molecule has 0 fully saturated rings. The number of nitrogens with two attached hydrogens (primary N) is 1. The van der Waals surface area contributed by atoms with Crippen LogP contribution in [0.2, 0.25) is 0 Å². The molecule has 0 aliphatic heterocycles. The molecule has 15 heavy (non-hydrogen) atoms. The first-order chi connectivity index (χ1) is 7.09. The molecule has 2 rings (SSSR count). The van der Waals surface area contributed by atoms with Crippen LogP contribution in [0.1, 0.15) is 17.3 Å². The lowest BCUT2D eigenvalue weighted by molar-refractivity contribution is 0.0964. The monoisotopic (exact) mass is 207 g/mol. The fourth-order valence-corrected chi connectivity index (χ4v) is 1.42. The van der Waals surface area contributed by atoms with E-state index in [2.05, 4.69) is 0 Å². The minimum Gasteiger partial charge on any atom is -0.464 e. The van der Waals surface area contributed by atoms with Crippen molar-refractivity contribution in [1.82, 2.24) is 0 Å². The minimum atomic E-state index is -0.705. The van der Waals surface area contributed by atoms with Crippen molar-refractivity contribution < 1.29 is 13.6 Å². The number of ketones is 1. The summed E-state index contributed by atoms with van der Waals surface area (Å²) in [4.78, 5) is 11.5. The molecule has 0 bridgehead atoms. The average Bonchev–Trinajstić information content (AvgIpc) is 2.62. The molecule has 1 atom stereocenters. The normalized spacial score (nSPS) is 13.0. The largest absolute Gasteiger partial charge is 0.464 e. The van der Waals surface area contributed by atoms with Crippen molar-refractivity contribution in [2.24, 2.45) is 5.73 Å². The second-order valence-electron chi connectivity index (χ2n) is 3.44. The molecule has 0 aliphatic carbocycles. The lowest BCUT2D eigenvalue weighted by atomic mass is 10.0. The summed E-state index contributed by atoms with van der Waals surface area (Å²) >= 11 is 0. The van der Waals surface area contributed by atoms with Crippen molar-refractivity contribution in [1.29, 1.82) is 0 Å². The maximum Gasteiger partial charge on any atom is 0.182 e. The van der Waals surface area contributed by atoms with Crippen LogP contribution >= 0.6 is 0 Å². The summed E-state index contributed by atoms with van der Waals surface area (Å²) in [6.07, 6.45) is 1.45. The number of carbonyl (C=O) groups excluding carboxylic acids is 1. The van der Waals surface area contributed by atoms with Gasteiger partial charge in [0.25, 0.3) is 0 Å². The van der Waals surface area contributed by atoms with Crippen LogP contribution < -0.4 is 5.73 Å². The van der Waals surface area contributed by atoms with Crippen LogP contribution in [0.4, 0.5) is 4.39 Å². The van der Waals surface area contributed by atoms with Crippen molar-refractivity contribution in [2.45, 2.75) is 13.0 Å². The van der Waals surface area contributed by atoms with E-state index in [-0.39, 0.29) is 5.56 Å².